The number of aryl methyl sites for hydroxylation is 1. The van der Waals surface area contributed by atoms with Crippen LogP contribution < -0.4 is 0 Å². The van der Waals surface area contributed by atoms with Gasteiger partial charge in [-0.15, -0.1) is 0 Å². The predicted octanol–water partition coefficient (Wildman–Crippen LogP) is 1.55. The van der Waals surface area contributed by atoms with Crippen LogP contribution in [0.5, 0.6) is 0 Å². The minimum atomic E-state index is -0.684. The van der Waals surface area contributed by atoms with E-state index in [1.54, 1.807) is 51.0 Å². The molecule has 1 rings (SSSR count). The van der Waals surface area contributed by atoms with Gasteiger partial charge in [0.25, 0.3) is 0 Å². The van der Waals surface area contributed by atoms with Crippen molar-refractivity contribution in [1.82, 2.24) is 9.55 Å². The third-order valence-electron chi connectivity index (χ3n) is 2.05. The third-order valence-corrected chi connectivity index (χ3v) is 2.05. The van der Waals surface area contributed by atoms with Crippen LogP contribution in [-0.2, 0) is 21.4 Å². The molecule has 0 unspecified atom stereocenters. The zero-order valence-electron chi connectivity index (χ0n) is 10.4. The lowest BCUT2D eigenvalue weighted by Crippen LogP contribution is -2.25. The van der Waals surface area contributed by atoms with Crippen LogP contribution in [0.4, 0.5) is 0 Å². The maximum Gasteiger partial charge on any atom is 0.338 e. The van der Waals surface area contributed by atoms with Crippen molar-refractivity contribution in [2.45, 2.75) is 20.8 Å². The fraction of sp³-hybridized carbons (Fsp3) is 0.417. The van der Waals surface area contributed by atoms with Crippen LogP contribution >= 0.6 is 0 Å². The number of carbonyl (C=O) groups excluding carboxylic acids is 2. The first-order valence-corrected chi connectivity index (χ1v) is 5.21. The molecule has 0 spiro atoms. The predicted molar refractivity (Wildman–Crippen MR) is 62.8 cm³/mol. The largest absolute Gasteiger partial charge is 0.389 e. The van der Waals surface area contributed by atoms with Crippen LogP contribution in [0.2, 0.25) is 0 Å². The lowest BCUT2D eigenvalue weighted by atomic mass is 9.97. The molecule has 5 nitrogen and oxygen atoms in total. The molecular formula is C12H16N2O3. The third kappa shape index (κ3) is 3.86. The smallest absolute Gasteiger partial charge is 0.338 e. The molecule has 92 valence electrons. The van der Waals surface area contributed by atoms with Crippen molar-refractivity contribution in [1.29, 1.82) is 0 Å². The maximum atomic E-state index is 11.4. The summed E-state index contributed by atoms with van der Waals surface area (Å²) in [4.78, 5) is 26.6. The molecule has 1 heterocycles. The van der Waals surface area contributed by atoms with Gasteiger partial charge in [-0.2, -0.15) is 0 Å². The Morgan fingerprint density at radius 3 is 2.53 bits per heavy atom. The van der Waals surface area contributed by atoms with E-state index < -0.39 is 17.4 Å². The van der Waals surface area contributed by atoms with Crippen molar-refractivity contribution in [3.05, 3.63) is 24.3 Å². The number of aromatic nitrogens is 2. The summed E-state index contributed by atoms with van der Waals surface area (Å²) in [5.74, 6) is -1.22. The highest BCUT2D eigenvalue weighted by atomic mass is 16.6. The molecule has 1 aromatic heterocycles. The Balaban J connectivity index is 2.60. The van der Waals surface area contributed by atoms with E-state index in [1.165, 1.54) is 6.08 Å². The first-order valence-electron chi connectivity index (χ1n) is 5.21. The Morgan fingerprint density at radius 1 is 1.41 bits per heavy atom. The lowest BCUT2D eigenvalue weighted by Gasteiger charge is -2.14. The monoisotopic (exact) mass is 236 g/mol. The highest BCUT2D eigenvalue weighted by molar-refractivity contribution is 5.96. The first-order chi connectivity index (χ1) is 7.80. The molecule has 1 aromatic rings. The van der Waals surface area contributed by atoms with Gasteiger partial charge in [0.1, 0.15) is 0 Å². The first kappa shape index (κ1) is 13.2. The summed E-state index contributed by atoms with van der Waals surface area (Å²) in [6, 6.07) is 0. The maximum absolute atomic E-state index is 11.4. The van der Waals surface area contributed by atoms with Crippen LogP contribution in [0.15, 0.2) is 18.6 Å². The van der Waals surface area contributed by atoms with Gasteiger partial charge in [0.2, 0.25) is 0 Å². The molecule has 0 saturated carbocycles. The molecule has 0 N–H and O–H groups in total. The van der Waals surface area contributed by atoms with Crippen LogP contribution in [0.25, 0.3) is 6.08 Å². The topological polar surface area (TPSA) is 61.2 Å². The van der Waals surface area contributed by atoms with E-state index >= 15 is 0 Å². The number of hydrogen-bond acceptors (Lipinski definition) is 4. The Kier molecular flexibility index (Phi) is 3.83. The van der Waals surface area contributed by atoms with Crippen molar-refractivity contribution < 1.29 is 14.3 Å². The summed E-state index contributed by atoms with van der Waals surface area (Å²) >= 11 is 0. The summed E-state index contributed by atoms with van der Waals surface area (Å²) in [5, 5.41) is 0. The molecule has 0 bridgehead atoms. The number of imidazole rings is 1. The number of carbonyl (C=O) groups is 2. The fourth-order valence-electron chi connectivity index (χ4n) is 0.960. The number of ether oxygens (including phenoxy) is 1. The average molecular weight is 236 g/mol. The van der Waals surface area contributed by atoms with Gasteiger partial charge in [-0.3, -0.25) is 4.79 Å². The standard InChI is InChI=1S/C12H16N2O3/c1-12(2,3)11(16)17-10(15)6-5-9-7-13-8-14(9)4/h5-8H,1-4H3/b6-5+. The fourth-order valence-corrected chi connectivity index (χ4v) is 0.960. The van der Waals surface area contributed by atoms with Gasteiger partial charge in [0.15, 0.2) is 0 Å². The second kappa shape index (κ2) is 4.95. The molecule has 5 heteroatoms. The Morgan fingerprint density at radius 2 is 2.06 bits per heavy atom. The van der Waals surface area contributed by atoms with Gasteiger partial charge in [-0.1, -0.05) is 0 Å². The van der Waals surface area contributed by atoms with Crippen LogP contribution in [0.3, 0.4) is 0 Å². The van der Waals surface area contributed by atoms with Crippen molar-refractivity contribution in [3.8, 4) is 0 Å². The highest BCUT2D eigenvalue weighted by Gasteiger charge is 2.24. The molecular weight excluding hydrogens is 220 g/mol. The van der Waals surface area contributed by atoms with Crippen molar-refractivity contribution in [2.24, 2.45) is 12.5 Å². The van der Waals surface area contributed by atoms with E-state index in [2.05, 4.69) is 9.72 Å². The Bertz CT molecular complexity index is 453. The molecule has 0 atom stereocenters. The molecule has 17 heavy (non-hydrogen) atoms. The second-order valence-corrected chi connectivity index (χ2v) is 4.72. The summed E-state index contributed by atoms with van der Waals surface area (Å²) < 4.78 is 6.40. The molecule has 0 radical (unpaired) electrons. The van der Waals surface area contributed by atoms with Gasteiger partial charge < -0.3 is 9.30 Å². The van der Waals surface area contributed by atoms with E-state index in [0.717, 1.165) is 5.69 Å². The van der Waals surface area contributed by atoms with Gasteiger partial charge in [0.05, 0.1) is 23.6 Å². The van der Waals surface area contributed by atoms with Crippen molar-refractivity contribution in [2.75, 3.05) is 0 Å². The molecule has 0 amide bonds. The quantitative estimate of drug-likeness (QED) is 0.444. The van der Waals surface area contributed by atoms with E-state index in [0.29, 0.717) is 0 Å². The van der Waals surface area contributed by atoms with E-state index in [9.17, 15) is 9.59 Å². The average Bonchev–Trinajstić information content (AvgIpc) is 2.59. The minimum absolute atomic E-state index is 0.544. The van der Waals surface area contributed by atoms with Gasteiger partial charge in [0, 0.05) is 13.1 Å². The lowest BCUT2D eigenvalue weighted by molar-refractivity contribution is -0.162. The van der Waals surface area contributed by atoms with E-state index in [1.807, 2.05) is 0 Å². The molecule has 0 fully saturated rings. The molecule has 0 aliphatic carbocycles. The molecule has 0 aliphatic rings. The Hall–Kier alpha value is -1.91. The van der Waals surface area contributed by atoms with E-state index in [4.69, 9.17) is 0 Å². The molecule has 0 aliphatic heterocycles. The van der Waals surface area contributed by atoms with Crippen molar-refractivity contribution >= 4 is 18.0 Å². The summed E-state index contributed by atoms with van der Waals surface area (Å²) in [7, 11) is 1.80. The van der Waals surface area contributed by atoms with E-state index in [-0.39, 0.29) is 0 Å². The highest BCUT2D eigenvalue weighted by Crippen LogP contribution is 2.15. The zero-order chi connectivity index (χ0) is 13.1. The number of rotatable bonds is 2. The number of hydrogen-bond donors (Lipinski definition) is 0. The molecule has 0 saturated heterocycles. The normalized spacial score (nSPS) is 11.8. The SMILES string of the molecule is Cn1cncc1/C=C/C(=O)OC(=O)C(C)(C)C. The molecule has 0 aromatic carbocycles. The van der Waals surface area contributed by atoms with Crippen LogP contribution in [-0.4, -0.2) is 21.5 Å². The number of esters is 2. The Labute approximate surface area is 100 Å². The van der Waals surface area contributed by atoms with Gasteiger partial charge in [-0.25, -0.2) is 9.78 Å². The second-order valence-electron chi connectivity index (χ2n) is 4.72. The summed E-state index contributed by atoms with van der Waals surface area (Å²) in [5.41, 5.74) is 0.0703. The number of nitrogens with zero attached hydrogens (tertiary/aromatic N) is 2. The van der Waals surface area contributed by atoms with Crippen LogP contribution in [0.1, 0.15) is 26.5 Å². The van der Waals surface area contributed by atoms with Crippen molar-refractivity contribution in [3.63, 3.8) is 0 Å². The van der Waals surface area contributed by atoms with Crippen LogP contribution in [0, 0.1) is 5.41 Å². The summed E-state index contributed by atoms with van der Waals surface area (Å²) in [6.07, 6.45) is 5.98. The zero-order valence-corrected chi connectivity index (χ0v) is 10.4. The minimum Gasteiger partial charge on any atom is -0.389 e. The van der Waals surface area contributed by atoms with Gasteiger partial charge in [-0.05, 0) is 26.8 Å². The van der Waals surface area contributed by atoms with Gasteiger partial charge >= 0.3 is 11.9 Å². The summed E-state index contributed by atoms with van der Waals surface area (Å²) in [6.45, 7) is 5.06.